The van der Waals surface area contributed by atoms with Crippen molar-refractivity contribution in [3.63, 3.8) is 0 Å². The molecule has 6 nitrogen and oxygen atoms in total. The topological polar surface area (TPSA) is 100 Å². The monoisotopic (exact) mass is 392 g/mol. The number of nitrogens with zero attached hydrogens (tertiary/aromatic N) is 1. The van der Waals surface area contributed by atoms with E-state index in [9.17, 15) is 17.2 Å². The maximum absolute atomic E-state index is 13.5. The van der Waals surface area contributed by atoms with Crippen molar-refractivity contribution in [2.24, 2.45) is 10.7 Å². The summed E-state index contributed by atoms with van der Waals surface area (Å²) in [6.07, 6.45) is 0.453. The van der Waals surface area contributed by atoms with E-state index >= 15 is 0 Å². The second-order valence-electron chi connectivity index (χ2n) is 5.99. The molecule has 0 saturated heterocycles. The van der Waals surface area contributed by atoms with E-state index in [1.165, 1.54) is 12.1 Å². The molecule has 1 heterocycles. The molecule has 1 aromatic heterocycles. The Hall–Kier alpha value is -2.94. The van der Waals surface area contributed by atoms with E-state index in [0.29, 0.717) is 6.42 Å². The number of benzene rings is 2. The van der Waals surface area contributed by atoms with Gasteiger partial charge < -0.3 is 10.7 Å². The molecule has 0 spiro atoms. The fourth-order valence-corrected chi connectivity index (χ4v) is 3.76. The van der Waals surface area contributed by atoms with Gasteiger partial charge in [0, 0.05) is 23.1 Å². The number of fused-ring (bicyclic) bond motifs is 1. The summed E-state index contributed by atoms with van der Waals surface area (Å²) in [6.45, 7) is 2.08. The van der Waals surface area contributed by atoms with E-state index in [-0.39, 0.29) is 23.2 Å². The molecule has 4 N–H and O–H groups in total. The van der Waals surface area contributed by atoms with Crippen LogP contribution in [-0.4, -0.2) is 25.9 Å². The smallest absolute Gasteiger partial charge is 0.264 e. The maximum atomic E-state index is 13.5. The molecule has 0 fully saturated rings. The zero-order chi connectivity index (χ0) is 19.6. The highest BCUT2D eigenvalue weighted by atomic mass is 32.2. The highest BCUT2D eigenvalue weighted by Gasteiger charge is 2.15. The first-order valence-electron chi connectivity index (χ1n) is 8.11. The summed E-state index contributed by atoms with van der Waals surface area (Å²) in [4.78, 5) is 7.07. The summed E-state index contributed by atoms with van der Waals surface area (Å²) >= 11 is 0. The second kappa shape index (κ2) is 7.36. The number of aliphatic imine (C=N–C) groups is 1. The number of aromatic nitrogens is 1. The van der Waals surface area contributed by atoms with E-state index < -0.39 is 15.8 Å². The average molecular weight is 392 g/mol. The van der Waals surface area contributed by atoms with Crippen molar-refractivity contribution in [1.29, 1.82) is 0 Å². The Morgan fingerprint density at radius 2 is 1.81 bits per heavy atom. The van der Waals surface area contributed by atoms with Crippen LogP contribution in [0.5, 0.6) is 0 Å². The van der Waals surface area contributed by atoms with Crippen LogP contribution in [0.1, 0.15) is 11.3 Å². The molecule has 0 aliphatic heterocycles. The normalized spacial score (nSPS) is 12.5. The lowest BCUT2D eigenvalue weighted by Crippen LogP contribution is -2.37. The number of hydrogen-bond donors (Lipinski definition) is 3. The van der Waals surface area contributed by atoms with Gasteiger partial charge in [-0.2, -0.15) is 0 Å². The van der Waals surface area contributed by atoms with Gasteiger partial charge in [-0.15, -0.1) is 0 Å². The van der Waals surface area contributed by atoms with E-state index in [0.717, 1.165) is 46.4 Å². The first-order valence-corrected chi connectivity index (χ1v) is 9.59. The largest absolute Gasteiger partial charge is 0.369 e. The maximum Gasteiger partial charge on any atom is 0.264 e. The Morgan fingerprint density at radius 1 is 1.15 bits per heavy atom. The fourth-order valence-electron chi connectivity index (χ4n) is 2.81. The van der Waals surface area contributed by atoms with Crippen molar-refractivity contribution in [2.75, 3.05) is 6.54 Å². The van der Waals surface area contributed by atoms with Gasteiger partial charge in [0.2, 0.25) is 5.96 Å². The molecule has 0 saturated carbocycles. The van der Waals surface area contributed by atoms with Gasteiger partial charge in [-0.05, 0) is 61.4 Å². The highest BCUT2D eigenvalue weighted by Crippen LogP contribution is 2.23. The number of rotatable bonds is 5. The fraction of sp³-hybridized carbons (Fsp3) is 0.167. The van der Waals surface area contributed by atoms with Crippen LogP contribution >= 0.6 is 0 Å². The standard InChI is InChI=1S/C18H18F2N4O2S/c1-11-15(16-10-13(20)4-7-17(16)23-11)8-9-22-18(21)24-27(25,26)14-5-2-12(19)3-6-14/h2-7,10,23H,8-9H2,1H3,(H3,21,22,24). The molecule has 0 atom stereocenters. The first kappa shape index (κ1) is 18.8. The van der Waals surface area contributed by atoms with Crippen LogP contribution in [0, 0.1) is 18.6 Å². The predicted octanol–water partition coefficient (Wildman–Crippen LogP) is 2.59. The zero-order valence-corrected chi connectivity index (χ0v) is 15.3. The van der Waals surface area contributed by atoms with Crippen molar-refractivity contribution < 1.29 is 17.2 Å². The number of guanidine groups is 1. The molecule has 0 aliphatic carbocycles. The second-order valence-corrected chi connectivity index (χ2v) is 7.68. The van der Waals surface area contributed by atoms with Crippen LogP contribution in [0.3, 0.4) is 0 Å². The summed E-state index contributed by atoms with van der Waals surface area (Å²) in [5.74, 6) is -1.15. The average Bonchev–Trinajstić information content (AvgIpc) is 2.90. The molecule has 0 unspecified atom stereocenters. The Bertz CT molecular complexity index is 1110. The molecule has 3 rings (SSSR count). The van der Waals surface area contributed by atoms with Gasteiger partial charge in [0.15, 0.2) is 0 Å². The lowest BCUT2D eigenvalue weighted by molar-refractivity contribution is 0.591. The molecular weight excluding hydrogens is 374 g/mol. The van der Waals surface area contributed by atoms with Crippen LogP contribution < -0.4 is 10.5 Å². The van der Waals surface area contributed by atoms with Crippen molar-refractivity contribution >= 4 is 26.9 Å². The number of nitrogens with two attached hydrogens (primary N) is 1. The number of H-pyrrole nitrogens is 1. The first-order chi connectivity index (χ1) is 12.8. The number of halogens is 2. The molecule has 9 heteroatoms. The van der Waals surface area contributed by atoms with E-state index in [2.05, 4.69) is 14.7 Å². The van der Waals surface area contributed by atoms with Crippen molar-refractivity contribution in [1.82, 2.24) is 9.71 Å². The molecule has 0 bridgehead atoms. The molecule has 142 valence electrons. The number of aromatic amines is 1. The van der Waals surface area contributed by atoms with Crippen LogP contribution in [0.15, 0.2) is 52.4 Å². The quantitative estimate of drug-likeness (QED) is 0.460. The summed E-state index contributed by atoms with van der Waals surface area (Å²) in [5, 5.41) is 0.758. The number of nitrogens with one attached hydrogen (secondary N) is 2. The van der Waals surface area contributed by atoms with E-state index in [1.807, 2.05) is 6.92 Å². The van der Waals surface area contributed by atoms with Crippen molar-refractivity contribution in [2.45, 2.75) is 18.2 Å². The molecule has 3 aromatic rings. The molecular formula is C18H18F2N4O2S. The Labute approximate surface area is 155 Å². The van der Waals surface area contributed by atoms with Gasteiger partial charge in [-0.3, -0.25) is 4.99 Å². The van der Waals surface area contributed by atoms with Gasteiger partial charge in [-0.25, -0.2) is 21.9 Å². The summed E-state index contributed by atoms with van der Waals surface area (Å²) in [6, 6.07) is 8.84. The molecule has 0 aliphatic rings. The van der Waals surface area contributed by atoms with E-state index in [1.54, 1.807) is 6.07 Å². The highest BCUT2D eigenvalue weighted by molar-refractivity contribution is 7.90. The number of hydrogen-bond acceptors (Lipinski definition) is 3. The third-order valence-electron chi connectivity index (χ3n) is 4.09. The molecule has 27 heavy (non-hydrogen) atoms. The molecule has 0 radical (unpaired) electrons. The Kier molecular flexibility index (Phi) is 5.13. The van der Waals surface area contributed by atoms with Crippen molar-refractivity contribution in [3.8, 4) is 0 Å². The lowest BCUT2D eigenvalue weighted by Gasteiger charge is -2.07. The van der Waals surface area contributed by atoms with E-state index in [4.69, 9.17) is 5.73 Å². The van der Waals surface area contributed by atoms with Crippen LogP contribution in [0.2, 0.25) is 0 Å². The lowest BCUT2D eigenvalue weighted by atomic mass is 10.1. The van der Waals surface area contributed by atoms with Gasteiger partial charge in [0.1, 0.15) is 11.6 Å². The summed E-state index contributed by atoms with van der Waals surface area (Å²) in [5.41, 5.74) is 8.25. The number of aryl methyl sites for hydroxylation is 1. The minimum absolute atomic E-state index is 0.120. The Morgan fingerprint density at radius 3 is 2.52 bits per heavy atom. The van der Waals surface area contributed by atoms with Crippen LogP contribution in [0.4, 0.5) is 8.78 Å². The SMILES string of the molecule is Cc1[nH]c2ccc(F)cc2c1CCN=C(N)NS(=O)(=O)c1ccc(F)cc1. The molecule has 0 amide bonds. The van der Waals surface area contributed by atoms with Gasteiger partial charge in [-0.1, -0.05) is 0 Å². The summed E-state index contributed by atoms with van der Waals surface area (Å²) < 4.78 is 52.9. The van der Waals surface area contributed by atoms with Crippen molar-refractivity contribution in [3.05, 3.63) is 65.4 Å². The van der Waals surface area contributed by atoms with Crippen LogP contribution in [0.25, 0.3) is 10.9 Å². The van der Waals surface area contributed by atoms with Crippen LogP contribution in [-0.2, 0) is 16.4 Å². The third kappa shape index (κ3) is 4.25. The number of sulfonamides is 1. The third-order valence-corrected chi connectivity index (χ3v) is 5.46. The predicted molar refractivity (Wildman–Crippen MR) is 99.9 cm³/mol. The minimum atomic E-state index is -3.94. The van der Waals surface area contributed by atoms with Gasteiger partial charge in [0.05, 0.1) is 4.90 Å². The Balaban J connectivity index is 1.70. The van der Waals surface area contributed by atoms with Gasteiger partial charge in [0.25, 0.3) is 10.0 Å². The zero-order valence-electron chi connectivity index (χ0n) is 14.5. The minimum Gasteiger partial charge on any atom is -0.369 e. The van der Waals surface area contributed by atoms with Gasteiger partial charge >= 0.3 is 0 Å². The summed E-state index contributed by atoms with van der Waals surface area (Å²) in [7, 11) is -3.94. The molecule has 2 aromatic carbocycles.